The molecule has 0 unspecified atom stereocenters. The van der Waals surface area contributed by atoms with Crippen LogP contribution in [0.5, 0.6) is 0 Å². The SMILES string of the molecule is N#CN1CC[C@@H](N2CCCN(c3ccc(-c4ccccc4)cc3)S2(=O)=O)C1. The van der Waals surface area contributed by atoms with Gasteiger partial charge in [0.1, 0.15) is 0 Å². The molecule has 1 atom stereocenters. The Morgan fingerprint density at radius 3 is 2.30 bits per heavy atom. The minimum absolute atomic E-state index is 0.124. The summed E-state index contributed by atoms with van der Waals surface area (Å²) in [5, 5.41) is 9.06. The predicted molar refractivity (Wildman–Crippen MR) is 105 cm³/mol. The molecule has 140 valence electrons. The van der Waals surface area contributed by atoms with Crippen LogP contribution in [0.2, 0.25) is 0 Å². The Hall–Kier alpha value is -2.56. The van der Waals surface area contributed by atoms with Crippen LogP contribution in [0.15, 0.2) is 54.6 Å². The summed E-state index contributed by atoms with van der Waals surface area (Å²) in [5.74, 6) is 0. The van der Waals surface area contributed by atoms with E-state index in [1.165, 1.54) is 4.31 Å². The largest absolute Gasteiger partial charge is 0.309 e. The van der Waals surface area contributed by atoms with Crippen LogP contribution in [0.3, 0.4) is 0 Å². The summed E-state index contributed by atoms with van der Waals surface area (Å²) in [6.45, 7) is 2.11. The second-order valence-corrected chi connectivity index (χ2v) is 8.75. The zero-order valence-corrected chi connectivity index (χ0v) is 15.8. The van der Waals surface area contributed by atoms with E-state index in [1.54, 1.807) is 9.21 Å². The van der Waals surface area contributed by atoms with E-state index in [4.69, 9.17) is 5.26 Å². The Kier molecular flexibility index (Phi) is 4.77. The van der Waals surface area contributed by atoms with Gasteiger partial charge < -0.3 is 4.90 Å². The molecule has 0 saturated carbocycles. The van der Waals surface area contributed by atoms with Gasteiger partial charge in [-0.2, -0.15) is 18.0 Å². The third kappa shape index (κ3) is 3.38. The van der Waals surface area contributed by atoms with Gasteiger partial charge in [-0.1, -0.05) is 42.5 Å². The molecule has 2 aromatic rings. The highest BCUT2D eigenvalue weighted by molar-refractivity contribution is 7.90. The Bertz CT molecular complexity index is 938. The fourth-order valence-corrected chi connectivity index (χ4v) is 5.79. The van der Waals surface area contributed by atoms with Crippen molar-refractivity contribution in [2.75, 3.05) is 30.5 Å². The maximum absolute atomic E-state index is 13.2. The van der Waals surface area contributed by atoms with Crippen LogP contribution in [-0.2, 0) is 10.2 Å². The molecular formula is C20H22N4O2S. The summed E-state index contributed by atoms with van der Waals surface area (Å²) in [7, 11) is -3.58. The fourth-order valence-electron chi connectivity index (χ4n) is 3.88. The molecule has 0 N–H and O–H groups in total. The van der Waals surface area contributed by atoms with Crippen molar-refractivity contribution >= 4 is 15.9 Å². The van der Waals surface area contributed by atoms with Crippen molar-refractivity contribution in [2.45, 2.75) is 18.9 Å². The molecule has 0 aromatic heterocycles. The molecule has 2 saturated heterocycles. The molecule has 0 spiro atoms. The summed E-state index contributed by atoms with van der Waals surface area (Å²) in [6, 6.07) is 17.6. The number of benzene rings is 2. The van der Waals surface area contributed by atoms with E-state index in [-0.39, 0.29) is 6.04 Å². The molecule has 6 nitrogen and oxygen atoms in total. The van der Waals surface area contributed by atoms with E-state index in [1.807, 2.05) is 54.6 Å². The average Bonchev–Trinajstić information content (AvgIpc) is 3.17. The number of nitriles is 1. The lowest BCUT2D eigenvalue weighted by Gasteiger charge is -2.38. The molecule has 7 heteroatoms. The average molecular weight is 382 g/mol. The predicted octanol–water partition coefficient (Wildman–Crippen LogP) is 2.67. The Morgan fingerprint density at radius 2 is 1.63 bits per heavy atom. The van der Waals surface area contributed by atoms with Gasteiger partial charge in [0.25, 0.3) is 0 Å². The van der Waals surface area contributed by atoms with Gasteiger partial charge in [-0.3, -0.25) is 4.31 Å². The van der Waals surface area contributed by atoms with Gasteiger partial charge in [0.15, 0.2) is 6.19 Å². The highest BCUT2D eigenvalue weighted by Crippen LogP contribution is 2.30. The minimum Gasteiger partial charge on any atom is -0.309 e. The number of hydrogen-bond acceptors (Lipinski definition) is 4. The molecule has 4 rings (SSSR count). The van der Waals surface area contributed by atoms with Crippen molar-refractivity contribution < 1.29 is 8.42 Å². The van der Waals surface area contributed by atoms with Crippen molar-refractivity contribution in [1.82, 2.24) is 9.21 Å². The summed E-state index contributed by atoms with van der Waals surface area (Å²) in [5.41, 5.74) is 2.86. The van der Waals surface area contributed by atoms with Crippen LogP contribution < -0.4 is 4.31 Å². The lowest BCUT2D eigenvalue weighted by atomic mass is 10.1. The Morgan fingerprint density at radius 1 is 0.926 bits per heavy atom. The first-order valence-electron chi connectivity index (χ1n) is 9.19. The number of nitrogens with zero attached hydrogens (tertiary/aromatic N) is 4. The second kappa shape index (κ2) is 7.22. The topological polar surface area (TPSA) is 67.7 Å². The van der Waals surface area contributed by atoms with Crippen LogP contribution in [0.25, 0.3) is 11.1 Å². The summed E-state index contributed by atoms with van der Waals surface area (Å²) < 4.78 is 29.5. The minimum atomic E-state index is -3.58. The zero-order chi connectivity index (χ0) is 18.9. The third-order valence-corrected chi connectivity index (χ3v) is 7.31. The van der Waals surface area contributed by atoms with Crippen LogP contribution in [-0.4, -0.2) is 49.8 Å². The molecule has 2 heterocycles. The first-order valence-corrected chi connectivity index (χ1v) is 10.6. The molecular weight excluding hydrogens is 360 g/mol. The van der Waals surface area contributed by atoms with Gasteiger partial charge in [-0.05, 0) is 36.1 Å². The maximum atomic E-state index is 13.2. The third-order valence-electron chi connectivity index (χ3n) is 5.29. The smallest absolute Gasteiger partial charge is 0.304 e. The van der Waals surface area contributed by atoms with Gasteiger partial charge in [0, 0.05) is 32.2 Å². The molecule has 2 aromatic carbocycles. The second-order valence-electron chi connectivity index (χ2n) is 6.95. The molecule has 0 bridgehead atoms. The van der Waals surface area contributed by atoms with Crippen molar-refractivity contribution in [3.63, 3.8) is 0 Å². The maximum Gasteiger partial charge on any atom is 0.304 e. The summed E-state index contributed by atoms with van der Waals surface area (Å²) >= 11 is 0. The molecule has 27 heavy (non-hydrogen) atoms. The lowest BCUT2D eigenvalue weighted by Crippen LogP contribution is -2.54. The lowest BCUT2D eigenvalue weighted by molar-refractivity contribution is 0.305. The van der Waals surface area contributed by atoms with Crippen molar-refractivity contribution in [3.05, 3.63) is 54.6 Å². The summed E-state index contributed by atoms with van der Waals surface area (Å²) in [6.07, 6.45) is 3.61. The van der Waals surface area contributed by atoms with E-state index in [0.29, 0.717) is 38.3 Å². The normalized spacial score (nSPS) is 22.6. The number of likely N-dealkylation sites (tertiary alicyclic amines) is 1. The monoisotopic (exact) mass is 382 g/mol. The first kappa shape index (κ1) is 17.8. The molecule has 0 radical (unpaired) electrons. The van der Waals surface area contributed by atoms with Gasteiger partial charge in [0.2, 0.25) is 0 Å². The Labute approximate surface area is 160 Å². The van der Waals surface area contributed by atoms with Crippen molar-refractivity contribution in [3.8, 4) is 17.3 Å². The van der Waals surface area contributed by atoms with Crippen LogP contribution in [0.1, 0.15) is 12.8 Å². The van der Waals surface area contributed by atoms with E-state index in [9.17, 15) is 8.42 Å². The number of rotatable bonds is 3. The summed E-state index contributed by atoms with van der Waals surface area (Å²) in [4.78, 5) is 1.63. The fraction of sp³-hybridized carbons (Fsp3) is 0.350. The van der Waals surface area contributed by atoms with Gasteiger partial charge >= 0.3 is 10.2 Å². The van der Waals surface area contributed by atoms with Crippen LogP contribution in [0.4, 0.5) is 5.69 Å². The zero-order valence-electron chi connectivity index (χ0n) is 15.0. The molecule has 2 aliphatic heterocycles. The quantitative estimate of drug-likeness (QED) is 0.766. The van der Waals surface area contributed by atoms with Gasteiger partial charge in [0.05, 0.1) is 5.69 Å². The number of hydrogen-bond donors (Lipinski definition) is 0. The molecule has 2 fully saturated rings. The standard InChI is InChI=1S/C20H22N4O2S/c21-16-22-14-11-20(15-22)24-13-4-12-23(27(24,25)26)19-9-7-18(8-10-19)17-5-2-1-3-6-17/h1-3,5-10,20H,4,11-15H2/t20-/m1/s1. The van der Waals surface area contributed by atoms with E-state index >= 15 is 0 Å². The van der Waals surface area contributed by atoms with Crippen LogP contribution >= 0.6 is 0 Å². The van der Waals surface area contributed by atoms with Crippen LogP contribution in [0, 0.1) is 11.5 Å². The molecule has 0 amide bonds. The molecule has 2 aliphatic rings. The highest BCUT2D eigenvalue weighted by Gasteiger charge is 2.40. The van der Waals surface area contributed by atoms with E-state index in [0.717, 1.165) is 17.5 Å². The van der Waals surface area contributed by atoms with E-state index in [2.05, 4.69) is 6.19 Å². The van der Waals surface area contributed by atoms with Gasteiger partial charge in [-0.15, -0.1) is 0 Å². The Balaban J connectivity index is 1.57. The molecule has 0 aliphatic carbocycles. The van der Waals surface area contributed by atoms with Crippen molar-refractivity contribution in [1.29, 1.82) is 5.26 Å². The first-order chi connectivity index (χ1) is 13.1. The van der Waals surface area contributed by atoms with E-state index < -0.39 is 10.2 Å². The number of anilines is 1. The van der Waals surface area contributed by atoms with Gasteiger partial charge in [-0.25, -0.2) is 0 Å². The highest BCUT2D eigenvalue weighted by atomic mass is 32.2. The van der Waals surface area contributed by atoms with Crippen molar-refractivity contribution in [2.24, 2.45) is 0 Å².